The highest BCUT2D eigenvalue weighted by atomic mass is 16.7. The molecular weight excluding hydrogens is 736 g/mol. The molecule has 57 heavy (non-hydrogen) atoms. The fourth-order valence-corrected chi connectivity index (χ4v) is 13.2. The summed E-state index contributed by atoms with van der Waals surface area (Å²) in [6, 6.07) is 0. The topological polar surface area (TPSA) is 181 Å². The summed E-state index contributed by atoms with van der Waals surface area (Å²) in [5, 5.41) is 23.8. The minimum Gasteiger partial charge on any atom is -0.463 e. The molecule has 14 atom stereocenters. The van der Waals surface area contributed by atoms with E-state index < -0.39 is 84.1 Å². The second-order valence-electron chi connectivity index (χ2n) is 20.3. The van der Waals surface area contributed by atoms with Crippen molar-refractivity contribution in [3.8, 4) is 0 Å². The van der Waals surface area contributed by atoms with Crippen molar-refractivity contribution in [2.24, 2.45) is 50.2 Å². The number of carbonyl (C=O) groups is 5. The predicted octanol–water partition coefficient (Wildman–Crippen LogP) is 5.75. The summed E-state index contributed by atoms with van der Waals surface area (Å²) in [6.07, 6.45) is -0.174. The number of hydrogen-bond donors (Lipinski definition) is 2. The van der Waals surface area contributed by atoms with Gasteiger partial charge in [0.05, 0.1) is 12.2 Å². The van der Waals surface area contributed by atoms with Crippen LogP contribution in [0.3, 0.4) is 0 Å². The molecule has 5 aliphatic carbocycles. The lowest BCUT2D eigenvalue weighted by Crippen LogP contribution is -2.68. The summed E-state index contributed by atoms with van der Waals surface area (Å²) in [4.78, 5) is 64.4. The van der Waals surface area contributed by atoms with Crippen LogP contribution in [0.2, 0.25) is 0 Å². The van der Waals surface area contributed by atoms with E-state index in [-0.39, 0.29) is 33.7 Å². The molecule has 2 N–H and O–H groups in total. The number of hydrogen-bond acceptors (Lipinski definition) is 13. The first-order valence-corrected chi connectivity index (χ1v) is 20.9. The van der Waals surface area contributed by atoms with Crippen LogP contribution in [-0.2, 0) is 52.4 Å². The lowest BCUT2D eigenvalue weighted by Gasteiger charge is -2.71. The van der Waals surface area contributed by atoms with Gasteiger partial charge in [-0.25, -0.2) is 0 Å². The minimum absolute atomic E-state index is 0.0137. The number of esters is 5. The highest BCUT2D eigenvalue weighted by molar-refractivity contribution is 5.80. The maximum absolute atomic E-state index is 15.2. The molecule has 1 aliphatic heterocycles. The maximum atomic E-state index is 15.2. The van der Waals surface area contributed by atoms with Crippen LogP contribution in [0.15, 0.2) is 11.6 Å². The van der Waals surface area contributed by atoms with Crippen LogP contribution in [0.5, 0.6) is 0 Å². The average molecular weight is 803 g/mol. The number of carbonyl (C=O) groups excluding carboxylic acids is 5. The second-order valence-corrected chi connectivity index (χ2v) is 20.3. The van der Waals surface area contributed by atoms with Gasteiger partial charge in [-0.1, -0.05) is 60.1 Å². The lowest BCUT2D eigenvalue weighted by atomic mass is 9.33. The molecule has 0 radical (unpaired) electrons. The normalized spacial score (nSPS) is 44.3. The highest BCUT2D eigenvalue weighted by Crippen LogP contribution is 2.76. The Morgan fingerprint density at radius 3 is 1.93 bits per heavy atom. The van der Waals surface area contributed by atoms with Gasteiger partial charge in [0, 0.05) is 27.7 Å². The molecule has 0 spiro atoms. The quantitative estimate of drug-likeness (QED) is 0.181. The molecule has 320 valence electrons. The molecule has 6 aliphatic rings. The fourth-order valence-electron chi connectivity index (χ4n) is 13.2. The Balaban J connectivity index is 1.40. The van der Waals surface area contributed by atoms with E-state index in [1.807, 2.05) is 0 Å². The van der Waals surface area contributed by atoms with E-state index in [1.165, 1.54) is 12.5 Å². The first-order chi connectivity index (χ1) is 26.3. The molecule has 5 fully saturated rings. The van der Waals surface area contributed by atoms with Gasteiger partial charge in [0.15, 0.2) is 12.2 Å². The highest BCUT2D eigenvalue weighted by Gasteiger charge is 2.72. The first-order valence-electron chi connectivity index (χ1n) is 20.9. The third kappa shape index (κ3) is 7.13. The number of aliphatic hydroxyl groups excluding tert-OH is 2. The Labute approximate surface area is 337 Å². The third-order valence-corrected chi connectivity index (χ3v) is 16.2. The predicted molar refractivity (Wildman–Crippen MR) is 204 cm³/mol. The Hall–Kier alpha value is -3.03. The summed E-state index contributed by atoms with van der Waals surface area (Å²) >= 11 is 0. The number of rotatable bonds is 7. The van der Waals surface area contributed by atoms with Gasteiger partial charge in [0.1, 0.15) is 18.1 Å². The third-order valence-electron chi connectivity index (χ3n) is 16.2. The van der Waals surface area contributed by atoms with Crippen molar-refractivity contribution in [1.82, 2.24) is 0 Å². The number of allylic oxidation sites excluding steroid dienone is 2. The SMILES string of the molecule is CC(=O)OCC1OC(OC(=O)[C@]23CCC(C)(C)C[C@H]2C2=CCC4[C@@]5(C)CC[C@H](O)C(C)(C)C5CC[C@@]4(C)[C@]2(C)CC3O)C(OC(C)=O)C(OC(C)=O)C1OC(C)=O. The van der Waals surface area contributed by atoms with Crippen LogP contribution in [-0.4, -0.2) is 89.6 Å². The summed E-state index contributed by atoms with van der Waals surface area (Å²) in [5.41, 5.74) is -1.24. The van der Waals surface area contributed by atoms with E-state index in [4.69, 9.17) is 28.4 Å². The van der Waals surface area contributed by atoms with E-state index in [9.17, 15) is 29.4 Å². The van der Waals surface area contributed by atoms with Gasteiger partial charge >= 0.3 is 29.8 Å². The van der Waals surface area contributed by atoms with Crippen LogP contribution in [0.4, 0.5) is 0 Å². The largest absolute Gasteiger partial charge is 0.463 e. The zero-order valence-electron chi connectivity index (χ0n) is 35.8. The molecule has 0 aromatic carbocycles. The summed E-state index contributed by atoms with van der Waals surface area (Å²) < 4.78 is 34.5. The molecular formula is C44H66O13. The van der Waals surface area contributed by atoms with Gasteiger partial charge in [0.2, 0.25) is 12.4 Å². The van der Waals surface area contributed by atoms with Crippen molar-refractivity contribution in [2.45, 2.75) is 177 Å². The van der Waals surface area contributed by atoms with Crippen molar-refractivity contribution in [1.29, 1.82) is 0 Å². The average Bonchev–Trinajstić information content (AvgIpc) is 3.08. The Kier molecular flexibility index (Phi) is 11.4. The number of ether oxygens (including phenoxy) is 6. The van der Waals surface area contributed by atoms with E-state index in [2.05, 4.69) is 54.5 Å². The van der Waals surface area contributed by atoms with Gasteiger partial charge in [-0.05, 0) is 103 Å². The van der Waals surface area contributed by atoms with E-state index in [0.717, 1.165) is 52.9 Å². The maximum Gasteiger partial charge on any atom is 0.317 e. The number of fused-ring (bicyclic) bond motifs is 7. The van der Waals surface area contributed by atoms with Crippen molar-refractivity contribution in [2.75, 3.05) is 6.61 Å². The van der Waals surface area contributed by atoms with Crippen molar-refractivity contribution in [3.05, 3.63) is 11.6 Å². The van der Waals surface area contributed by atoms with Crippen LogP contribution in [0.25, 0.3) is 0 Å². The van der Waals surface area contributed by atoms with E-state index >= 15 is 4.79 Å². The zero-order chi connectivity index (χ0) is 42.3. The molecule has 13 nitrogen and oxygen atoms in total. The van der Waals surface area contributed by atoms with E-state index in [0.29, 0.717) is 37.5 Å². The molecule has 8 unspecified atom stereocenters. The van der Waals surface area contributed by atoms with Gasteiger partial charge in [-0.15, -0.1) is 0 Å². The summed E-state index contributed by atoms with van der Waals surface area (Å²) in [5.74, 6) is -3.49. The van der Waals surface area contributed by atoms with E-state index in [1.54, 1.807) is 0 Å². The molecule has 4 saturated carbocycles. The van der Waals surface area contributed by atoms with Crippen LogP contribution in [0, 0.1) is 50.2 Å². The lowest BCUT2D eigenvalue weighted by molar-refractivity contribution is -0.306. The monoisotopic (exact) mass is 802 g/mol. The minimum atomic E-state index is -1.69. The summed E-state index contributed by atoms with van der Waals surface area (Å²) in [7, 11) is 0. The molecule has 0 aromatic heterocycles. The number of aliphatic hydroxyl groups is 2. The van der Waals surface area contributed by atoms with Gasteiger partial charge in [-0.2, -0.15) is 0 Å². The van der Waals surface area contributed by atoms with Crippen LogP contribution >= 0.6 is 0 Å². The Bertz CT molecular complexity index is 1670. The molecule has 0 bridgehead atoms. The standard InChI is InChI=1S/C44H66O13/c1-23(45)52-22-29-34(53-24(2)46)35(54-25(3)47)36(55-26(4)48)37(56-29)57-38(51)44-19-18-39(5,6)20-28(44)27-12-13-31-41(9)16-15-32(49)40(7,8)30(41)14-17-42(31,10)43(27,11)21-33(44)50/h12,28-37,49-50H,13-22H2,1-11H3/t28-,29?,30?,31?,32-,33?,34?,35?,36?,37?,41-,42+,43+,44+/m0/s1. The van der Waals surface area contributed by atoms with Gasteiger partial charge < -0.3 is 38.6 Å². The molecule has 0 amide bonds. The Morgan fingerprint density at radius 1 is 0.702 bits per heavy atom. The van der Waals surface area contributed by atoms with Crippen molar-refractivity contribution >= 4 is 29.8 Å². The first kappa shape index (κ1) is 43.5. The van der Waals surface area contributed by atoms with Crippen LogP contribution < -0.4 is 0 Å². The van der Waals surface area contributed by atoms with Crippen molar-refractivity contribution < 1.29 is 62.6 Å². The van der Waals surface area contributed by atoms with Crippen molar-refractivity contribution in [3.63, 3.8) is 0 Å². The van der Waals surface area contributed by atoms with Gasteiger partial charge in [0.25, 0.3) is 0 Å². The molecule has 0 aromatic rings. The second kappa shape index (κ2) is 14.9. The molecule has 1 heterocycles. The Morgan fingerprint density at radius 2 is 1.32 bits per heavy atom. The fraction of sp³-hybridized carbons (Fsp3) is 0.841. The van der Waals surface area contributed by atoms with Gasteiger partial charge in [-0.3, -0.25) is 24.0 Å². The summed E-state index contributed by atoms with van der Waals surface area (Å²) in [6.45, 7) is 20.0. The molecule has 1 saturated heterocycles. The molecule has 6 rings (SSSR count). The zero-order valence-corrected chi connectivity index (χ0v) is 35.8. The smallest absolute Gasteiger partial charge is 0.317 e. The van der Waals surface area contributed by atoms with Crippen LogP contribution in [0.1, 0.15) is 134 Å². The molecule has 13 heteroatoms.